The lowest BCUT2D eigenvalue weighted by atomic mass is 10.0. The van der Waals surface area contributed by atoms with Crippen molar-refractivity contribution < 1.29 is 4.52 Å². The predicted octanol–water partition coefficient (Wildman–Crippen LogP) is 5.27. The van der Waals surface area contributed by atoms with Gasteiger partial charge >= 0.3 is 0 Å². The zero-order chi connectivity index (χ0) is 14.3. The Labute approximate surface area is 129 Å². The second-order valence-corrected chi connectivity index (χ2v) is 6.66. The Kier molecular flexibility index (Phi) is 3.46. The van der Waals surface area contributed by atoms with E-state index < -0.39 is 0 Å². The molecule has 0 aliphatic heterocycles. The minimum Gasteiger partial charge on any atom is -0.380 e. The van der Waals surface area contributed by atoms with Gasteiger partial charge in [0, 0.05) is 0 Å². The Morgan fingerprint density at radius 2 is 2.05 bits per heavy atom. The Hall–Kier alpha value is -1.49. The van der Waals surface area contributed by atoms with Crippen molar-refractivity contribution in [3.05, 3.63) is 44.6 Å². The van der Waals surface area contributed by atoms with Crippen molar-refractivity contribution in [3.63, 3.8) is 0 Å². The molecule has 1 aromatic carbocycles. The maximum atomic E-state index is 6.19. The van der Waals surface area contributed by atoms with Crippen LogP contribution < -0.4 is 5.73 Å². The molecule has 2 heterocycles. The Morgan fingerprint density at radius 1 is 1.25 bits per heavy atom. The number of hydrogen-bond acceptors (Lipinski definition) is 4. The summed E-state index contributed by atoms with van der Waals surface area (Å²) in [6.45, 7) is 2.02. The van der Waals surface area contributed by atoms with Crippen molar-refractivity contribution >= 4 is 40.4 Å². The summed E-state index contributed by atoms with van der Waals surface area (Å²) in [7, 11) is 0. The molecule has 102 valence electrons. The van der Waals surface area contributed by atoms with Crippen molar-refractivity contribution in [1.29, 1.82) is 0 Å². The molecule has 6 heteroatoms. The van der Waals surface area contributed by atoms with E-state index in [2.05, 4.69) is 5.16 Å². The molecular formula is C14H10Cl2N2OS. The van der Waals surface area contributed by atoms with Gasteiger partial charge < -0.3 is 10.3 Å². The zero-order valence-corrected chi connectivity index (χ0v) is 12.8. The van der Waals surface area contributed by atoms with E-state index in [1.165, 1.54) is 11.3 Å². The lowest BCUT2D eigenvalue weighted by Gasteiger charge is -2.03. The zero-order valence-electron chi connectivity index (χ0n) is 10.5. The van der Waals surface area contributed by atoms with Crippen LogP contribution in [-0.4, -0.2) is 5.16 Å². The van der Waals surface area contributed by atoms with Crippen LogP contribution in [0.5, 0.6) is 0 Å². The first-order valence-electron chi connectivity index (χ1n) is 5.83. The van der Waals surface area contributed by atoms with Gasteiger partial charge in [0.15, 0.2) is 11.6 Å². The quantitative estimate of drug-likeness (QED) is 0.698. The minimum absolute atomic E-state index is 0.337. The molecule has 0 bridgehead atoms. The number of benzene rings is 1. The molecule has 20 heavy (non-hydrogen) atoms. The first-order valence-corrected chi connectivity index (χ1v) is 7.41. The molecule has 0 amide bonds. The second kappa shape index (κ2) is 5.13. The average molecular weight is 325 g/mol. The minimum atomic E-state index is 0.337. The second-order valence-electron chi connectivity index (χ2n) is 4.38. The number of hydrogen-bond donors (Lipinski definition) is 1. The highest BCUT2D eigenvalue weighted by molar-refractivity contribution is 7.20. The third kappa shape index (κ3) is 2.30. The third-order valence-corrected chi connectivity index (χ3v) is 4.41. The van der Waals surface area contributed by atoms with Crippen LogP contribution in [0, 0.1) is 6.92 Å². The third-order valence-electron chi connectivity index (χ3n) is 2.93. The summed E-state index contributed by atoms with van der Waals surface area (Å²) < 4.78 is 6.51. The van der Waals surface area contributed by atoms with Crippen LogP contribution >= 0.6 is 34.5 Å². The van der Waals surface area contributed by atoms with Crippen LogP contribution in [0.3, 0.4) is 0 Å². The van der Waals surface area contributed by atoms with Gasteiger partial charge in [-0.05, 0) is 18.6 Å². The molecule has 0 fully saturated rings. The molecule has 0 unspecified atom stereocenters. The van der Waals surface area contributed by atoms with Crippen LogP contribution in [0.15, 0.2) is 34.9 Å². The van der Waals surface area contributed by atoms with E-state index in [4.69, 9.17) is 33.5 Å². The van der Waals surface area contributed by atoms with Gasteiger partial charge in [-0.25, -0.2) is 0 Å². The van der Waals surface area contributed by atoms with E-state index in [1.54, 1.807) is 6.07 Å². The molecule has 3 rings (SSSR count). The van der Waals surface area contributed by atoms with Crippen molar-refractivity contribution in [3.8, 4) is 22.5 Å². The highest BCUT2D eigenvalue weighted by atomic mass is 35.5. The SMILES string of the molecule is Cc1cccc(-c2c(N)noc2-c2cc(Cl)sc2Cl)c1. The van der Waals surface area contributed by atoms with Crippen molar-refractivity contribution in [2.24, 2.45) is 0 Å². The predicted molar refractivity (Wildman–Crippen MR) is 84.4 cm³/mol. The van der Waals surface area contributed by atoms with E-state index in [1.807, 2.05) is 31.2 Å². The molecule has 0 atom stereocenters. The molecule has 0 radical (unpaired) electrons. The van der Waals surface area contributed by atoms with Crippen molar-refractivity contribution in [2.75, 3.05) is 5.73 Å². The van der Waals surface area contributed by atoms with Crippen molar-refractivity contribution in [2.45, 2.75) is 6.92 Å². The lowest BCUT2D eigenvalue weighted by molar-refractivity contribution is 0.436. The fraction of sp³-hybridized carbons (Fsp3) is 0.0714. The number of thiophene rings is 1. The molecule has 0 aliphatic rings. The maximum Gasteiger partial charge on any atom is 0.179 e. The smallest absolute Gasteiger partial charge is 0.179 e. The van der Waals surface area contributed by atoms with Crippen LogP contribution in [0.1, 0.15) is 5.56 Å². The van der Waals surface area contributed by atoms with Crippen LogP contribution in [0.25, 0.3) is 22.5 Å². The van der Waals surface area contributed by atoms with E-state index >= 15 is 0 Å². The summed E-state index contributed by atoms with van der Waals surface area (Å²) in [5.74, 6) is 0.880. The fourth-order valence-electron chi connectivity index (χ4n) is 2.06. The Morgan fingerprint density at radius 3 is 2.70 bits per heavy atom. The molecule has 0 spiro atoms. The van der Waals surface area contributed by atoms with E-state index in [-0.39, 0.29) is 0 Å². The van der Waals surface area contributed by atoms with Crippen molar-refractivity contribution in [1.82, 2.24) is 5.16 Å². The standard InChI is InChI=1S/C14H10Cl2N2OS/c1-7-3-2-4-8(5-7)11-12(19-18-14(11)17)9-6-10(15)20-13(9)16/h2-6H,1H3,(H2,17,18). The molecule has 2 N–H and O–H groups in total. The number of halogens is 2. The molecule has 3 aromatic rings. The van der Waals surface area contributed by atoms with E-state index in [9.17, 15) is 0 Å². The summed E-state index contributed by atoms with van der Waals surface area (Å²) in [6.07, 6.45) is 0. The summed E-state index contributed by atoms with van der Waals surface area (Å²) in [5, 5.41) is 3.86. The summed E-state index contributed by atoms with van der Waals surface area (Å²) in [5.41, 5.74) is 9.46. The number of nitrogens with two attached hydrogens (primary N) is 1. The van der Waals surface area contributed by atoms with Gasteiger partial charge in [-0.3, -0.25) is 0 Å². The highest BCUT2D eigenvalue weighted by Crippen LogP contribution is 2.44. The normalized spacial score (nSPS) is 10.9. The summed E-state index contributed by atoms with van der Waals surface area (Å²) in [6, 6.07) is 9.72. The largest absolute Gasteiger partial charge is 0.380 e. The van der Waals surface area contributed by atoms with E-state index in [0.29, 0.717) is 25.8 Å². The number of anilines is 1. The highest BCUT2D eigenvalue weighted by Gasteiger charge is 2.21. The van der Waals surface area contributed by atoms with Gasteiger partial charge in [-0.2, -0.15) is 0 Å². The number of aryl methyl sites for hydroxylation is 1. The number of nitrogen functional groups attached to an aromatic ring is 1. The molecule has 3 nitrogen and oxygen atoms in total. The van der Waals surface area contributed by atoms with E-state index in [0.717, 1.165) is 16.7 Å². The van der Waals surface area contributed by atoms with Crippen LogP contribution in [0.2, 0.25) is 8.67 Å². The number of aromatic nitrogens is 1. The molecule has 0 saturated carbocycles. The molecule has 0 saturated heterocycles. The summed E-state index contributed by atoms with van der Waals surface area (Å²) in [4.78, 5) is 0. The van der Waals surface area contributed by atoms with Gasteiger partial charge in [0.05, 0.1) is 15.5 Å². The Bertz CT molecular complexity index is 779. The number of rotatable bonds is 2. The maximum absolute atomic E-state index is 6.19. The number of nitrogens with zero attached hydrogens (tertiary/aromatic N) is 1. The molecule has 2 aromatic heterocycles. The summed E-state index contributed by atoms with van der Waals surface area (Å²) >= 11 is 13.5. The monoisotopic (exact) mass is 324 g/mol. The fourth-order valence-corrected chi connectivity index (χ4v) is 3.52. The van der Waals surface area contributed by atoms with Gasteiger partial charge in [0.1, 0.15) is 4.34 Å². The van der Waals surface area contributed by atoms with Crippen LogP contribution in [0.4, 0.5) is 5.82 Å². The average Bonchev–Trinajstić information content (AvgIpc) is 2.92. The molecule has 0 aliphatic carbocycles. The first kappa shape index (κ1) is 13.5. The van der Waals surface area contributed by atoms with Crippen LogP contribution in [-0.2, 0) is 0 Å². The lowest BCUT2D eigenvalue weighted by Crippen LogP contribution is -1.89. The van der Waals surface area contributed by atoms with Gasteiger partial charge in [-0.1, -0.05) is 58.2 Å². The topological polar surface area (TPSA) is 52.0 Å². The van der Waals surface area contributed by atoms with Gasteiger partial charge in [0.25, 0.3) is 0 Å². The first-order chi connectivity index (χ1) is 9.56. The van der Waals surface area contributed by atoms with Gasteiger partial charge in [-0.15, -0.1) is 11.3 Å². The Balaban J connectivity index is 2.22. The van der Waals surface area contributed by atoms with Gasteiger partial charge in [0.2, 0.25) is 0 Å². The molecular weight excluding hydrogens is 315 g/mol.